The lowest BCUT2D eigenvalue weighted by atomic mass is 9.99. The zero-order valence-corrected chi connectivity index (χ0v) is 19.8. The summed E-state index contributed by atoms with van der Waals surface area (Å²) in [6.45, 7) is 0. The number of fused-ring (bicyclic) bond motifs is 5. The minimum atomic E-state index is 0.594. The number of halogens is 1. The Morgan fingerprint density at radius 2 is 1.17 bits per heavy atom. The minimum Gasteiger partial charge on any atom is -0.455 e. The molecule has 0 radical (unpaired) electrons. The van der Waals surface area contributed by atoms with Crippen LogP contribution in [0.2, 0.25) is 5.02 Å². The van der Waals surface area contributed by atoms with Gasteiger partial charge in [-0.1, -0.05) is 96.5 Å². The van der Waals surface area contributed by atoms with Crippen molar-refractivity contribution < 1.29 is 4.42 Å². The van der Waals surface area contributed by atoms with Crippen LogP contribution in [0, 0.1) is 0 Å². The third-order valence-electron chi connectivity index (χ3n) is 6.37. The molecule has 4 nitrogen and oxygen atoms in total. The van der Waals surface area contributed by atoms with Gasteiger partial charge in [0.1, 0.15) is 11.2 Å². The Morgan fingerprint density at radius 1 is 0.556 bits per heavy atom. The van der Waals surface area contributed by atoms with E-state index in [1.807, 2.05) is 91.0 Å². The van der Waals surface area contributed by atoms with Gasteiger partial charge in [0.05, 0.1) is 0 Å². The highest BCUT2D eigenvalue weighted by Gasteiger charge is 2.20. The maximum atomic E-state index is 6.38. The molecular formula is C31H18ClN3O. The molecule has 5 heteroatoms. The lowest BCUT2D eigenvalue weighted by Crippen LogP contribution is -2.00. The summed E-state index contributed by atoms with van der Waals surface area (Å²) in [6.07, 6.45) is 0. The van der Waals surface area contributed by atoms with Crippen molar-refractivity contribution in [2.75, 3.05) is 0 Å². The Morgan fingerprint density at radius 3 is 1.86 bits per heavy atom. The lowest BCUT2D eigenvalue weighted by molar-refractivity contribution is 0.673. The Bertz CT molecular complexity index is 1840. The Labute approximate surface area is 211 Å². The van der Waals surface area contributed by atoms with Crippen molar-refractivity contribution in [2.24, 2.45) is 0 Å². The number of hydrogen-bond acceptors (Lipinski definition) is 4. The zero-order chi connectivity index (χ0) is 24.1. The highest BCUT2D eigenvalue weighted by atomic mass is 35.5. The second-order valence-electron chi connectivity index (χ2n) is 8.63. The van der Waals surface area contributed by atoms with Gasteiger partial charge >= 0.3 is 0 Å². The van der Waals surface area contributed by atoms with Gasteiger partial charge in [-0.15, -0.1) is 0 Å². The molecule has 0 unspecified atom stereocenters. The molecule has 2 heterocycles. The molecule has 0 amide bonds. The maximum Gasteiger partial charge on any atom is 0.164 e. The Balaban J connectivity index is 1.60. The van der Waals surface area contributed by atoms with Gasteiger partial charge in [0.15, 0.2) is 17.5 Å². The third kappa shape index (κ3) is 3.43. The molecule has 170 valence electrons. The monoisotopic (exact) mass is 483 g/mol. The number of rotatable bonds is 3. The van der Waals surface area contributed by atoms with Crippen LogP contribution in [0.5, 0.6) is 0 Å². The number of furan rings is 1. The lowest BCUT2D eigenvalue weighted by Gasteiger charge is -2.10. The number of hydrogen-bond donors (Lipinski definition) is 0. The molecule has 0 saturated carbocycles. The number of aromatic nitrogens is 3. The third-order valence-corrected chi connectivity index (χ3v) is 6.60. The zero-order valence-electron chi connectivity index (χ0n) is 19.0. The number of nitrogens with zero attached hydrogens (tertiary/aromatic N) is 3. The minimum absolute atomic E-state index is 0.594. The molecule has 0 aliphatic heterocycles. The molecule has 0 bridgehead atoms. The van der Waals surface area contributed by atoms with Crippen LogP contribution >= 0.6 is 11.6 Å². The largest absolute Gasteiger partial charge is 0.455 e. The van der Waals surface area contributed by atoms with Gasteiger partial charge in [0.25, 0.3) is 0 Å². The van der Waals surface area contributed by atoms with Gasteiger partial charge in [-0.05, 0) is 23.6 Å². The van der Waals surface area contributed by atoms with Gasteiger partial charge in [0.2, 0.25) is 0 Å². The van der Waals surface area contributed by atoms with Crippen molar-refractivity contribution in [1.29, 1.82) is 0 Å². The van der Waals surface area contributed by atoms with Crippen molar-refractivity contribution in [2.45, 2.75) is 0 Å². The summed E-state index contributed by atoms with van der Waals surface area (Å²) in [5, 5.41) is 4.64. The van der Waals surface area contributed by atoms with E-state index in [0.29, 0.717) is 22.5 Å². The second kappa shape index (κ2) is 8.29. The highest BCUT2D eigenvalue weighted by Crippen LogP contribution is 2.41. The molecule has 0 fully saturated rings. The molecule has 5 aromatic carbocycles. The van der Waals surface area contributed by atoms with Crippen LogP contribution in [0.4, 0.5) is 0 Å². The molecule has 2 aromatic heterocycles. The van der Waals surface area contributed by atoms with E-state index in [1.54, 1.807) is 0 Å². The van der Waals surface area contributed by atoms with Crippen molar-refractivity contribution in [3.8, 4) is 34.2 Å². The Kier molecular flexibility index (Phi) is 4.79. The maximum absolute atomic E-state index is 6.38. The first kappa shape index (κ1) is 20.8. The first-order chi connectivity index (χ1) is 17.7. The summed E-state index contributed by atoms with van der Waals surface area (Å²) < 4.78 is 6.38. The van der Waals surface area contributed by atoms with Gasteiger partial charge in [-0.3, -0.25) is 0 Å². The van der Waals surface area contributed by atoms with Crippen LogP contribution in [0.3, 0.4) is 0 Å². The summed E-state index contributed by atoms with van der Waals surface area (Å²) in [6, 6.07) is 36.1. The van der Waals surface area contributed by atoms with E-state index in [1.165, 1.54) is 0 Å². The van der Waals surface area contributed by atoms with Gasteiger partial charge < -0.3 is 4.42 Å². The molecule has 0 aliphatic carbocycles. The average Bonchev–Trinajstić information content (AvgIpc) is 3.32. The van der Waals surface area contributed by atoms with Gasteiger partial charge in [-0.2, -0.15) is 0 Å². The van der Waals surface area contributed by atoms with Crippen LogP contribution < -0.4 is 0 Å². The fraction of sp³-hybridized carbons (Fsp3) is 0. The standard InChI is InChI=1S/C31H18ClN3O/c32-22-15-16-24-26(18-22)36-28-23-14-8-7-13-21(23)17-25(27(24)28)31-34-29(19-9-3-1-4-10-19)33-30(35-31)20-11-5-2-6-12-20/h1-18H. The molecular weight excluding hydrogens is 466 g/mol. The van der Waals surface area contributed by atoms with Crippen molar-refractivity contribution >= 4 is 44.3 Å². The Hall–Kier alpha value is -4.54. The van der Waals surface area contributed by atoms with E-state index in [0.717, 1.165) is 49.4 Å². The van der Waals surface area contributed by atoms with E-state index in [4.69, 9.17) is 31.0 Å². The molecule has 0 saturated heterocycles. The van der Waals surface area contributed by atoms with Crippen LogP contribution in [-0.4, -0.2) is 15.0 Å². The summed E-state index contributed by atoms with van der Waals surface area (Å²) in [5.41, 5.74) is 4.28. The van der Waals surface area contributed by atoms with Crippen LogP contribution in [-0.2, 0) is 0 Å². The predicted molar refractivity (Wildman–Crippen MR) is 146 cm³/mol. The van der Waals surface area contributed by atoms with Crippen LogP contribution in [0.1, 0.15) is 0 Å². The summed E-state index contributed by atoms with van der Waals surface area (Å²) in [7, 11) is 0. The molecule has 7 aromatic rings. The van der Waals surface area contributed by atoms with Gasteiger partial charge in [-0.25, -0.2) is 15.0 Å². The molecule has 0 atom stereocenters. The van der Waals surface area contributed by atoms with E-state index >= 15 is 0 Å². The topological polar surface area (TPSA) is 51.8 Å². The van der Waals surface area contributed by atoms with Crippen molar-refractivity contribution in [1.82, 2.24) is 15.0 Å². The summed E-state index contributed by atoms with van der Waals surface area (Å²) >= 11 is 6.31. The van der Waals surface area contributed by atoms with E-state index < -0.39 is 0 Å². The van der Waals surface area contributed by atoms with Crippen LogP contribution in [0.25, 0.3) is 66.9 Å². The molecule has 36 heavy (non-hydrogen) atoms. The molecule has 0 spiro atoms. The molecule has 0 aliphatic rings. The summed E-state index contributed by atoms with van der Waals surface area (Å²) in [5.74, 6) is 1.84. The van der Waals surface area contributed by atoms with Crippen LogP contribution in [0.15, 0.2) is 114 Å². The quantitative estimate of drug-likeness (QED) is 0.252. The van der Waals surface area contributed by atoms with E-state index in [2.05, 4.69) is 18.2 Å². The van der Waals surface area contributed by atoms with Crippen molar-refractivity contribution in [3.05, 3.63) is 114 Å². The second-order valence-corrected chi connectivity index (χ2v) is 9.07. The first-order valence-corrected chi connectivity index (χ1v) is 12.0. The number of benzene rings is 5. The fourth-order valence-electron chi connectivity index (χ4n) is 4.69. The SMILES string of the molecule is Clc1ccc2c(c1)oc1c3ccccc3cc(-c3nc(-c4ccccc4)nc(-c4ccccc4)n3)c21. The predicted octanol–water partition coefficient (Wildman–Crippen LogP) is 8.58. The smallest absolute Gasteiger partial charge is 0.164 e. The van der Waals surface area contributed by atoms with Gasteiger partial charge in [0, 0.05) is 43.9 Å². The molecule has 0 N–H and O–H groups in total. The van der Waals surface area contributed by atoms with Crippen molar-refractivity contribution in [3.63, 3.8) is 0 Å². The normalized spacial score (nSPS) is 11.5. The molecule has 7 rings (SSSR count). The fourth-order valence-corrected chi connectivity index (χ4v) is 4.85. The summed E-state index contributed by atoms with van der Waals surface area (Å²) in [4.78, 5) is 14.8. The average molecular weight is 484 g/mol. The highest BCUT2D eigenvalue weighted by molar-refractivity contribution is 6.32. The van der Waals surface area contributed by atoms with E-state index in [-0.39, 0.29) is 0 Å². The van der Waals surface area contributed by atoms with E-state index in [9.17, 15) is 0 Å². The first-order valence-electron chi connectivity index (χ1n) is 11.7.